The number of esters is 2. The molecule has 5 rings (SSSR count). The van der Waals surface area contributed by atoms with E-state index in [-0.39, 0.29) is 88.0 Å². The quantitative estimate of drug-likeness (QED) is 0.425. The average molecular weight is 549 g/mol. The second-order valence-corrected chi connectivity index (χ2v) is 11.1. The maximum Gasteiger partial charge on any atom is 0.309 e. The number of epoxide rings is 1. The number of carbonyl (C=O) groups excluding carboxylic acids is 3. The van der Waals surface area contributed by atoms with E-state index in [9.17, 15) is 19.5 Å². The number of methoxy groups -OCH3 is 2. The van der Waals surface area contributed by atoms with Crippen LogP contribution in [0.5, 0.6) is 0 Å². The predicted octanol–water partition coefficient (Wildman–Crippen LogP) is 3.07. The molecule has 200 valence electrons. The van der Waals surface area contributed by atoms with Crippen LogP contribution in [-0.2, 0) is 28.6 Å². The van der Waals surface area contributed by atoms with Gasteiger partial charge in [-0.2, -0.15) is 40.5 Å². The molecular formula is C25H40O7S3. The number of aliphatic hydroxyl groups is 1. The molecule has 35 heavy (non-hydrogen) atoms. The van der Waals surface area contributed by atoms with Crippen molar-refractivity contribution < 1.29 is 33.7 Å². The maximum atomic E-state index is 13.0. The van der Waals surface area contributed by atoms with Gasteiger partial charge >= 0.3 is 11.9 Å². The Bertz CT molecular complexity index is 925. The summed E-state index contributed by atoms with van der Waals surface area (Å²) in [6, 6.07) is 0. The van der Waals surface area contributed by atoms with Gasteiger partial charge in [0.1, 0.15) is 5.60 Å². The first kappa shape index (κ1) is 30.5. The summed E-state index contributed by atoms with van der Waals surface area (Å²) in [5.41, 5.74) is -1.23. The van der Waals surface area contributed by atoms with Gasteiger partial charge in [0.25, 0.3) is 0 Å². The zero-order chi connectivity index (χ0) is 23.1. The van der Waals surface area contributed by atoms with Crippen molar-refractivity contribution in [3.63, 3.8) is 0 Å². The fourth-order valence-corrected chi connectivity index (χ4v) is 8.32. The summed E-state index contributed by atoms with van der Waals surface area (Å²) in [5, 5.41) is 11.8. The topological polar surface area (TPSA) is 102 Å². The molecule has 10 heteroatoms. The number of fused-ring (bicyclic) bond motifs is 3. The predicted molar refractivity (Wildman–Crippen MR) is 144 cm³/mol. The van der Waals surface area contributed by atoms with Gasteiger partial charge in [-0.3, -0.25) is 14.4 Å². The number of hydrogen-bond acceptors (Lipinski definition) is 7. The molecule has 1 saturated heterocycles. The van der Waals surface area contributed by atoms with E-state index >= 15 is 0 Å². The van der Waals surface area contributed by atoms with Gasteiger partial charge < -0.3 is 19.3 Å². The molecule has 0 amide bonds. The fraction of sp³-hybridized carbons (Fsp3) is 0.800. The first-order valence-corrected chi connectivity index (χ1v) is 11.8. The Hall–Kier alpha value is -0.680. The van der Waals surface area contributed by atoms with Gasteiger partial charge in [0.05, 0.1) is 31.8 Å². The number of hydrogen-bond donors (Lipinski definition) is 1. The lowest BCUT2D eigenvalue weighted by Gasteiger charge is -2.58. The molecule has 8 atom stereocenters. The van der Waals surface area contributed by atoms with E-state index in [0.717, 1.165) is 18.4 Å². The Kier molecular flexibility index (Phi) is 8.63. The Morgan fingerprint density at radius 1 is 1.14 bits per heavy atom. The number of carbonyl (C=O) groups is 3. The van der Waals surface area contributed by atoms with E-state index in [1.54, 1.807) is 6.08 Å². The highest BCUT2D eigenvalue weighted by Crippen LogP contribution is 2.77. The van der Waals surface area contributed by atoms with Gasteiger partial charge in [-0.1, -0.05) is 19.4 Å². The minimum atomic E-state index is -1.01. The molecule has 1 N–H and O–H groups in total. The van der Waals surface area contributed by atoms with Crippen molar-refractivity contribution in [2.24, 2.45) is 28.6 Å². The second kappa shape index (κ2) is 9.89. The molecule has 0 aromatic carbocycles. The minimum absolute atomic E-state index is 0. The number of rotatable bonds is 4. The smallest absolute Gasteiger partial charge is 0.309 e. The standard InChI is InChI=1S/C25H34O7.3H2S/c1-22-8-5-15(26)11-14(22)12-16(21(28)31-4)20-17-6-9-24(29,10-7-19(27)30-3)23(17,2)13-18-25(20,22)32-18;;;/h11,16-18,20,29H,5-10,12-13H2,1-4H3;3*1H2/t16-,17+,18-,20+,22+,23+,24-,25-;;;/m1.../s1. The van der Waals surface area contributed by atoms with Gasteiger partial charge in [-0.15, -0.1) is 0 Å². The van der Waals surface area contributed by atoms with Crippen LogP contribution in [0.1, 0.15) is 65.2 Å². The number of ketones is 1. The van der Waals surface area contributed by atoms with Crippen LogP contribution in [0.3, 0.4) is 0 Å². The van der Waals surface area contributed by atoms with Crippen LogP contribution in [0, 0.1) is 28.6 Å². The van der Waals surface area contributed by atoms with Gasteiger partial charge in [0.2, 0.25) is 0 Å². The lowest BCUT2D eigenvalue weighted by Crippen LogP contribution is -2.63. The van der Waals surface area contributed by atoms with Crippen molar-refractivity contribution in [2.75, 3.05) is 14.2 Å². The van der Waals surface area contributed by atoms with Crippen molar-refractivity contribution in [2.45, 2.75) is 82.5 Å². The van der Waals surface area contributed by atoms with Gasteiger partial charge in [-0.05, 0) is 50.5 Å². The van der Waals surface area contributed by atoms with Crippen LogP contribution in [0.2, 0.25) is 0 Å². The molecule has 3 saturated carbocycles. The maximum absolute atomic E-state index is 13.0. The molecule has 5 aliphatic rings. The normalized spacial score (nSPS) is 44.4. The van der Waals surface area contributed by atoms with E-state index in [4.69, 9.17) is 14.2 Å². The lowest BCUT2D eigenvalue weighted by atomic mass is 9.43. The Balaban J connectivity index is 0.00000144. The van der Waals surface area contributed by atoms with Crippen LogP contribution in [0.15, 0.2) is 11.6 Å². The van der Waals surface area contributed by atoms with Crippen molar-refractivity contribution in [3.8, 4) is 0 Å². The van der Waals surface area contributed by atoms with Crippen LogP contribution < -0.4 is 0 Å². The molecule has 0 bridgehead atoms. The molecular weight excluding hydrogens is 508 g/mol. The summed E-state index contributed by atoms with van der Waals surface area (Å²) in [6.45, 7) is 4.31. The van der Waals surface area contributed by atoms with E-state index in [0.29, 0.717) is 32.1 Å². The largest absolute Gasteiger partial charge is 0.469 e. The highest BCUT2D eigenvalue weighted by Gasteiger charge is 2.82. The van der Waals surface area contributed by atoms with Crippen LogP contribution in [-0.4, -0.2) is 54.4 Å². The SMILES string of the molecule is COC(=O)CC[C@]1(O)CC[C@H]2[C@@H]3[C@H](C(=O)OC)CC4=CC(=O)CC[C@]4(C)[C@]34O[C@@H]4C[C@@]21C.S.S.S. The molecule has 4 fully saturated rings. The molecule has 0 radical (unpaired) electrons. The van der Waals surface area contributed by atoms with Gasteiger partial charge in [-0.25, -0.2) is 0 Å². The molecule has 0 aromatic heterocycles. The zero-order valence-corrected chi connectivity index (χ0v) is 23.9. The summed E-state index contributed by atoms with van der Waals surface area (Å²) in [5.74, 6) is -0.878. The zero-order valence-electron chi connectivity index (χ0n) is 20.9. The number of ether oxygens (including phenoxy) is 3. The van der Waals surface area contributed by atoms with Crippen LogP contribution in [0.25, 0.3) is 0 Å². The van der Waals surface area contributed by atoms with E-state index in [1.807, 2.05) is 0 Å². The van der Waals surface area contributed by atoms with Crippen LogP contribution >= 0.6 is 40.5 Å². The molecule has 1 heterocycles. The van der Waals surface area contributed by atoms with E-state index in [1.165, 1.54) is 14.2 Å². The second-order valence-electron chi connectivity index (χ2n) is 11.1. The minimum Gasteiger partial charge on any atom is -0.469 e. The van der Waals surface area contributed by atoms with Gasteiger partial charge in [0, 0.05) is 29.6 Å². The summed E-state index contributed by atoms with van der Waals surface area (Å²) in [4.78, 5) is 37.1. The first-order chi connectivity index (χ1) is 15.1. The fourth-order valence-electron chi connectivity index (χ4n) is 8.32. The van der Waals surface area contributed by atoms with Crippen molar-refractivity contribution in [3.05, 3.63) is 11.6 Å². The third kappa shape index (κ3) is 3.92. The Labute approximate surface area is 228 Å². The molecule has 0 aromatic rings. The highest BCUT2D eigenvalue weighted by molar-refractivity contribution is 7.59. The van der Waals surface area contributed by atoms with E-state index in [2.05, 4.69) is 13.8 Å². The summed E-state index contributed by atoms with van der Waals surface area (Å²) >= 11 is 0. The van der Waals surface area contributed by atoms with Crippen molar-refractivity contribution >= 4 is 58.2 Å². The molecule has 4 aliphatic carbocycles. The molecule has 7 nitrogen and oxygen atoms in total. The lowest BCUT2D eigenvalue weighted by molar-refractivity contribution is -0.163. The van der Waals surface area contributed by atoms with Crippen LogP contribution in [0.4, 0.5) is 0 Å². The monoisotopic (exact) mass is 548 g/mol. The Morgan fingerprint density at radius 3 is 2.46 bits per heavy atom. The third-order valence-electron chi connectivity index (χ3n) is 10.2. The van der Waals surface area contributed by atoms with E-state index < -0.39 is 22.5 Å². The van der Waals surface area contributed by atoms with Crippen molar-refractivity contribution in [1.29, 1.82) is 0 Å². The third-order valence-corrected chi connectivity index (χ3v) is 10.2. The average Bonchev–Trinajstić information content (AvgIpc) is 3.43. The molecule has 1 aliphatic heterocycles. The highest BCUT2D eigenvalue weighted by atomic mass is 32.1. The summed E-state index contributed by atoms with van der Waals surface area (Å²) in [6.07, 6.45) is 5.98. The molecule has 0 unspecified atom stereocenters. The van der Waals surface area contributed by atoms with Crippen molar-refractivity contribution in [1.82, 2.24) is 0 Å². The molecule has 1 spiro atoms. The van der Waals surface area contributed by atoms with Gasteiger partial charge in [0.15, 0.2) is 5.78 Å². The summed E-state index contributed by atoms with van der Waals surface area (Å²) < 4.78 is 16.6. The Morgan fingerprint density at radius 2 is 1.83 bits per heavy atom. The first-order valence-electron chi connectivity index (χ1n) is 11.8. The summed E-state index contributed by atoms with van der Waals surface area (Å²) in [7, 11) is 2.78.